The van der Waals surface area contributed by atoms with Gasteiger partial charge in [0.15, 0.2) is 0 Å². The Bertz CT molecular complexity index is 253. The predicted octanol–water partition coefficient (Wildman–Crippen LogP) is 1.63. The van der Waals surface area contributed by atoms with Gasteiger partial charge in [-0.25, -0.2) is 0 Å². The number of hydrogen-bond acceptors (Lipinski definition) is 2. The first kappa shape index (κ1) is 10.2. The van der Waals surface area contributed by atoms with Gasteiger partial charge in [-0.05, 0) is 24.5 Å². The molecule has 0 fully saturated rings. The van der Waals surface area contributed by atoms with E-state index < -0.39 is 6.10 Å². The molecule has 2 atom stereocenters. The number of benzene rings is 1. The summed E-state index contributed by atoms with van der Waals surface area (Å²) < 4.78 is 0. The average molecular weight is 179 g/mol. The van der Waals surface area contributed by atoms with E-state index in [1.165, 1.54) is 5.56 Å². The minimum atomic E-state index is -0.493. The summed E-state index contributed by atoms with van der Waals surface area (Å²) in [5.74, 6) is 0. The monoisotopic (exact) mass is 179 g/mol. The fourth-order valence-electron chi connectivity index (χ4n) is 1.25. The molecule has 1 rings (SSSR count). The van der Waals surface area contributed by atoms with Crippen LogP contribution in [0.25, 0.3) is 0 Å². The van der Waals surface area contributed by atoms with E-state index in [1.54, 1.807) is 6.92 Å². The molecule has 0 bridgehead atoms. The Labute approximate surface area is 79.4 Å². The summed E-state index contributed by atoms with van der Waals surface area (Å²) in [7, 11) is 0. The zero-order valence-corrected chi connectivity index (χ0v) is 8.20. The summed E-state index contributed by atoms with van der Waals surface area (Å²) in [6.45, 7) is 3.82. The van der Waals surface area contributed by atoms with Crippen LogP contribution in [-0.2, 0) is 6.42 Å². The van der Waals surface area contributed by atoms with Crippen LogP contribution in [0, 0.1) is 0 Å². The van der Waals surface area contributed by atoms with E-state index in [1.807, 2.05) is 12.1 Å². The van der Waals surface area contributed by atoms with Crippen LogP contribution in [-0.4, -0.2) is 11.2 Å². The van der Waals surface area contributed by atoms with Crippen molar-refractivity contribution >= 4 is 0 Å². The van der Waals surface area contributed by atoms with Gasteiger partial charge >= 0.3 is 0 Å². The standard InChI is InChI=1S/C11H17NO/c1-3-9-4-6-10(7-5-9)11(12)8(2)13/h4-8,11,13H,3,12H2,1-2H3/t8-,11+/m0/s1. The SMILES string of the molecule is CCc1ccc([C@H](N)[C@H](C)O)cc1. The van der Waals surface area contributed by atoms with Gasteiger partial charge < -0.3 is 10.8 Å². The molecule has 2 heteroatoms. The first-order chi connectivity index (χ1) is 6.15. The third-order valence-corrected chi connectivity index (χ3v) is 2.29. The highest BCUT2D eigenvalue weighted by molar-refractivity contribution is 5.25. The molecule has 0 saturated heterocycles. The molecule has 0 radical (unpaired) electrons. The zero-order valence-electron chi connectivity index (χ0n) is 8.20. The van der Waals surface area contributed by atoms with Crippen LogP contribution in [0.1, 0.15) is 31.0 Å². The minimum Gasteiger partial charge on any atom is -0.391 e. The molecule has 0 amide bonds. The molecular formula is C11H17NO. The van der Waals surface area contributed by atoms with Crippen molar-refractivity contribution in [2.75, 3.05) is 0 Å². The van der Waals surface area contributed by atoms with Crippen molar-refractivity contribution in [2.24, 2.45) is 5.73 Å². The molecule has 0 unspecified atom stereocenters. The quantitative estimate of drug-likeness (QED) is 0.740. The van der Waals surface area contributed by atoms with Gasteiger partial charge in [0.05, 0.1) is 12.1 Å². The lowest BCUT2D eigenvalue weighted by atomic mass is 10.0. The molecular weight excluding hydrogens is 162 g/mol. The van der Waals surface area contributed by atoms with Crippen molar-refractivity contribution in [3.8, 4) is 0 Å². The van der Waals surface area contributed by atoms with Gasteiger partial charge in [-0.15, -0.1) is 0 Å². The van der Waals surface area contributed by atoms with Crippen LogP contribution in [0.15, 0.2) is 24.3 Å². The summed E-state index contributed by atoms with van der Waals surface area (Å²) in [4.78, 5) is 0. The Hall–Kier alpha value is -0.860. The second kappa shape index (κ2) is 4.40. The Balaban J connectivity index is 2.79. The van der Waals surface area contributed by atoms with Crippen LogP contribution < -0.4 is 5.73 Å². The van der Waals surface area contributed by atoms with E-state index >= 15 is 0 Å². The van der Waals surface area contributed by atoms with Gasteiger partial charge in [0.2, 0.25) is 0 Å². The van der Waals surface area contributed by atoms with E-state index in [4.69, 9.17) is 5.73 Å². The van der Waals surface area contributed by atoms with Crippen LogP contribution in [0.4, 0.5) is 0 Å². The number of hydrogen-bond donors (Lipinski definition) is 2. The third kappa shape index (κ3) is 2.54. The minimum absolute atomic E-state index is 0.272. The molecule has 3 N–H and O–H groups in total. The highest BCUT2D eigenvalue weighted by Crippen LogP contribution is 2.14. The predicted molar refractivity (Wildman–Crippen MR) is 54.4 cm³/mol. The number of aliphatic hydroxyl groups is 1. The first-order valence-electron chi connectivity index (χ1n) is 4.67. The lowest BCUT2D eigenvalue weighted by Gasteiger charge is -2.15. The van der Waals surface area contributed by atoms with E-state index in [9.17, 15) is 5.11 Å². The molecule has 0 aromatic heterocycles. The van der Waals surface area contributed by atoms with Gasteiger partial charge in [0, 0.05) is 0 Å². The Kier molecular flexibility index (Phi) is 3.46. The maximum atomic E-state index is 9.28. The molecule has 0 aliphatic rings. The van der Waals surface area contributed by atoms with Crippen LogP contribution >= 0.6 is 0 Å². The normalized spacial score (nSPS) is 15.4. The largest absolute Gasteiger partial charge is 0.391 e. The van der Waals surface area contributed by atoms with E-state index in [0.29, 0.717) is 0 Å². The zero-order chi connectivity index (χ0) is 9.84. The highest BCUT2D eigenvalue weighted by Gasteiger charge is 2.10. The summed E-state index contributed by atoms with van der Waals surface area (Å²) in [5, 5.41) is 9.28. The van der Waals surface area contributed by atoms with Gasteiger partial charge in [-0.2, -0.15) is 0 Å². The van der Waals surface area contributed by atoms with E-state index in [-0.39, 0.29) is 6.04 Å². The Morgan fingerprint density at radius 3 is 2.23 bits per heavy atom. The highest BCUT2D eigenvalue weighted by atomic mass is 16.3. The first-order valence-corrected chi connectivity index (χ1v) is 4.67. The van der Waals surface area contributed by atoms with Crippen molar-refractivity contribution in [3.63, 3.8) is 0 Å². The molecule has 1 aromatic rings. The topological polar surface area (TPSA) is 46.2 Å². The fourth-order valence-corrected chi connectivity index (χ4v) is 1.25. The molecule has 72 valence electrons. The second-order valence-electron chi connectivity index (χ2n) is 3.36. The van der Waals surface area contributed by atoms with Crippen molar-refractivity contribution in [1.82, 2.24) is 0 Å². The number of aliphatic hydroxyl groups excluding tert-OH is 1. The molecule has 0 saturated carbocycles. The lowest BCUT2D eigenvalue weighted by Crippen LogP contribution is -2.22. The summed E-state index contributed by atoms with van der Waals surface area (Å²) >= 11 is 0. The van der Waals surface area contributed by atoms with Crippen LogP contribution in [0.3, 0.4) is 0 Å². The van der Waals surface area contributed by atoms with Crippen molar-refractivity contribution in [3.05, 3.63) is 35.4 Å². The number of nitrogens with two attached hydrogens (primary N) is 1. The van der Waals surface area contributed by atoms with Gasteiger partial charge in [-0.3, -0.25) is 0 Å². The third-order valence-electron chi connectivity index (χ3n) is 2.29. The van der Waals surface area contributed by atoms with E-state index in [0.717, 1.165) is 12.0 Å². The number of rotatable bonds is 3. The Morgan fingerprint density at radius 2 is 1.85 bits per heavy atom. The summed E-state index contributed by atoms with van der Waals surface area (Å²) in [6, 6.07) is 7.80. The molecule has 0 spiro atoms. The summed E-state index contributed by atoms with van der Waals surface area (Å²) in [5.41, 5.74) is 8.07. The Morgan fingerprint density at radius 1 is 1.31 bits per heavy atom. The molecule has 0 heterocycles. The fraction of sp³-hybridized carbons (Fsp3) is 0.455. The van der Waals surface area contributed by atoms with Crippen molar-refractivity contribution in [2.45, 2.75) is 32.4 Å². The summed E-state index contributed by atoms with van der Waals surface area (Å²) in [6.07, 6.45) is 0.539. The molecule has 2 nitrogen and oxygen atoms in total. The van der Waals surface area contributed by atoms with Crippen LogP contribution in [0.5, 0.6) is 0 Å². The molecule has 13 heavy (non-hydrogen) atoms. The van der Waals surface area contributed by atoms with E-state index in [2.05, 4.69) is 19.1 Å². The molecule has 0 aliphatic heterocycles. The van der Waals surface area contributed by atoms with Gasteiger partial charge in [-0.1, -0.05) is 31.2 Å². The van der Waals surface area contributed by atoms with Gasteiger partial charge in [0.1, 0.15) is 0 Å². The maximum Gasteiger partial charge on any atom is 0.0704 e. The number of aryl methyl sites for hydroxylation is 1. The molecule has 0 aliphatic carbocycles. The maximum absolute atomic E-state index is 9.28. The van der Waals surface area contributed by atoms with Crippen LogP contribution in [0.2, 0.25) is 0 Å². The second-order valence-corrected chi connectivity index (χ2v) is 3.36. The smallest absolute Gasteiger partial charge is 0.0704 e. The average Bonchev–Trinajstić information content (AvgIpc) is 2.17. The van der Waals surface area contributed by atoms with Crippen molar-refractivity contribution in [1.29, 1.82) is 0 Å². The lowest BCUT2D eigenvalue weighted by molar-refractivity contribution is 0.164. The van der Waals surface area contributed by atoms with Gasteiger partial charge in [0.25, 0.3) is 0 Å². The van der Waals surface area contributed by atoms with Crippen molar-refractivity contribution < 1.29 is 5.11 Å². The molecule has 1 aromatic carbocycles.